The van der Waals surface area contributed by atoms with Crippen LogP contribution < -0.4 is 0 Å². The Labute approximate surface area is 406 Å². The van der Waals surface area contributed by atoms with E-state index >= 15 is 0 Å². The fraction of sp³-hybridized carbons (Fsp3) is 0.0147. The van der Waals surface area contributed by atoms with Crippen molar-refractivity contribution in [2.24, 2.45) is 0 Å². The summed E-state index contributed by atoms with van der Waals surface area (Å²) in [4.78, 5) is 5.22. The summed E-state index contributed by atoms with van der Waals surface area (Å²) in [5.41, 5.74) is 23.9. The van der Waals surface area contributed by atoms with Gasteiger partial charge in [-0.2, -0.15) is 0 Å². The SMILES string of the molecule is c1ccc(-n2c3ccc(-c4ccc5c(c4)C(c4ccccc4)(c4ccccc4)c4ccccc4-5)cc3c3cc(-c4ccc5cc(-c6cc7c8c(cccc8n6)-c6ccccc6-7)ccc5c4)ccc32)cc1. The molecule has 0 fully saturated rings. The van der Waals surface area contributed by atoms with Crippen LogP contribution in [0.1, 0.15) is 22.3 Å². The molecule has 15 rings (SSSR count). The fourth-order valence-corrected chi connectivity index (χ4v) is 12.3. The van der Waals surface area contributed by atoms with Gasteiger partial charge in [0.05, 0.1) is 27.7 Å². The molecule has 0 unspecified atom stereocenters. The summed E-state index contributed by atoms with van der Waals surface area (Å²) in [6, 6.07) is 94.3. The van der Waals surface area contributed by atoms with Gasteiger partial charge in [0.15, 0.2) is 0 Å². The smallest absolute Gasteiger partial charge is 0.0722 e. The first-order valence-corrected chi connectivity index (χ1v) is 24.3. The van der Waals surface area contributed by atoms with Crippen LogP contribution in [0.3, 0.4) is 0 Å². The maximum absolute atomic E-state index is 5.22. The van der Waals surface area contributed by atoms with Crippen LogP contribution in [0, 0.1) is 0 Å². The van der Waals surface area contributed by atoms with Crippen molar-refractivity contribution in [3.05, 3.63) is 277 Å². The van der Waals surface area contributed by atoms with Crippen molar-refractivity contribution in [2.45, 2.75) is 5.41 Å². The Kier molecular flexibility index (Phi) is 8.31. The number of aromatic nitrogens is 2. The lowest BCUT2D eigenvalue weighted by Gasteiger charge is -2.34. The largest absolute Gasteiger partial charge is 0.309 e. The molecule has 0 N–H and O–H groups in total. The molecule has 0 atom stereocenters. The lowest BCUT2D eigenvalue weighted by atomic mass is 9.67. The van der Waals surface area contributed by atoms with Crippen LogP contribution in [0.4, 0.5) is 0 Å². The molecule has 2 aromatic heterocycles. The standard InChI is InChI=1S/C68H42N2/c1-4-15-50(16-5-1)68(51-17-6-2-7-18-51)61-25-13-12-23-55(61)56-34-31-48(41-62(56)68)47-33-36-66-59(40-47)58-39-46(32-35-65(58)70(66)52-19-8-3-9-20-52)44-27-28-45-38-49(30-29-43(45)37-44)64-42-60-54-22-11-10-21-53(54)57-24-14-26-63(69-64)67(57)60/h1-42H. The molecule has 2 aliphatic carbocycles. The second-order valence-corrected chi connectivity index (χ2v) is 19.0. The first kappa shape index (κ1) is 38.9. The Bertz CT molecular complexity index is 4240. The van der Waals surface area contributed by atoms with Gasteiger partial charge < -0.3 is 4.57 Å². The van der Waals surface area contributed by atoms with E-state index in [4.69, 9.17) is 4.98 Å². The minimum Gasteiger partial charge on any atom is -0.309 e. The molecular formula is C68H42N2. The van der Waals surface area contributed by atoms with Crippen LogP contribution in [-0.4, -0.2) is 9.55 Å². The summed E-state index contributed by atoms with van der Waals surface area (Å²) in [6.07, 6.45) is 0. The van der Waals surface area contributed by atoms with Crippen LogP contribution in [0.25, 0.3) is 116 Å². The molecule has 13 aromatic rings. The summed E-state index contributed by atoms with van der Waals surface area (Å²) in [5, 5.41) is 6.10. The van der Waals surface area contributed by atoms with E-state index in [1.807, 2.05) is 0 Å². The van der Waals surface area contributed by atoms with Gasteiger partial charge >= 0.3 is 0 Å². The molecule has 0 saturated heterocycles. The molecule has 2 heterocycles. The third kappa shape index (κ3) is 5.59. The van der Waals surface area contributed by atoms with Gasteiger partial charge in [-0.25, -0.2) is 4.98 Å². The quantitative estimate of drug-likeness (QED) is 0.163. The van der Waals surface area contributed by atoms with Gasteiger partial charge in [-0.3, -0.25) is 0 Å². The summed E-state index contributed by atoms with van der Waals surface area (Å²) < 4.78 is 2.42. The summed E-state index contributed by atoms with van der Waals surface area (Å²) in [5.74, 6) is 0. The first-order valence-electron chi connectivity index (χ1n) is 24.3. The summed E-state index contributed by atoms with van der Waals surface area (Å²) in [6.45, 7) is 0. The molecule has 70 heavy (non-hydrogen) atoms. The number of hydrogen-bond acceptors (Lipinski definition) is 1. The molecule has 11 aromatic carbocycles. The molecule has 2 heteroatoms. The zero-order valence-electron chi connectivity index (χ0n) is 38.1. The second kappa shape index (κ2) is 14.9. The van der Waals surface area contributed by atoms with Crippen molar-refractivity contribution in [1.82, 2.24) is 9.55 Å². The van der Waals surface area contributed by atoms with E-state index in [-0.39, 0.29) is 0 Å². The topological polar surface area (TPSA) is 17.8 Å². The highest BCUT2D eigenvalue weighted by Crippen LogP contribution is 2.57. The summed E-state index contributed by atoms with van der Waals surface area (Å²) in [7, 11) is 0. The molecule has 0 aliphatic heterocycles. The average molecular weight is 887 g/mol. The van der Waals surface area contributed by atoms with E-state index < -0.39 is 5.41 Å². The van der Waals surface area contributed by atoms with E-state index in [9.17, 15) is 0 Å². The van der Waals surface area contributed by atoms with Gasteiger partial charge in [0, 0.05) is 27.4 Å². The van der Waals surface area contributed by atoms with Gasteiger partial charge in [0.2, 0.25) is 0 Å². The van der Waals surface area contributed by atoms with Crippen molar-refractivity contribution in [1.29, 1.82) is 0 Å². The normalized spacial score (nSPS) is 13.0. The van der Waals surface area contributed by atoms with Crippen molar-refractivity contribution < 1.29 is 0 Å². The lowest BCUT2D eigenvalue weighted by molar-refractivity contribution is 0.769. The van der Waals surface area contributed by atoms with Crippen LogP contribution in [-0.2, 0) is 5.41 Å². The van der Waals surface area contributed by atoms with E-state index in [2.05, 4.69) is 259 Å². The van der Waals surface area contributed by atoms with Gasteiger partial charge in [-0.15, -0.1) is 0 Å². The van der Waals surface area contributed by atoms with Crippen LogP contribution in [0.5, 0.6) is 0 Å². The Hall–Kier alpha value is -9.11. The van der Waals surface area contributed by atoms with Gasteiger partial charge in [-0.1, -0.05) is 188 Å². The second-order valence-electron chi connectivity index (χ2n) is 19.0. The van der Waals surface area contributed by atoms with Crippen molar-refractivity contribution >= 4 is 43.5 Å². The lowest BCUT2D eigenvalue weighted by Crippen LogP contribution is -2.28. The molecule has 0 spiro atoms. The Balaban J connectivity index is 0.859. The maximum Gasteiger partial charge on any atom is 0.0722 e. The van der Waals surface area contributed by atoms with Crippen LogP contribution in [0.15, 0.2) is 255 Å². The summed E-state index contributed by atoms with van der Waals surface area (Å²) >= 11 is 0. The highest BCUT2D eigenvalue weighted by molar-refractivity contribution is 6.15. The number of para-hydroxylation sites is 1. The molecule has 2 nitrogen and oxygen atoms in total. The maximum atomic E-state index is 5.22. The van der Waals surface area contributed by atoms with E-state index in [1.54, 1.807) is 0 Å². The third-order valence-electron chi connectivity index (χ3n) is 15.4. The number of fused-ring (bicyclic) bond motifs is 10. The van der Waals surface area contributed by atoms with Crippen molar-refractivity contribution in [3.8, 4) is 72.6 Å². The number of nitrogens with zero attached hydrogens (tertiary/aromatic N) is 2. The molecular weight excluding hydrogens is 845 g/mol. The molecule has 0 amide bonds. The number of benzene rings is 11. The molecule has 2 aliphatic rings. The number of rotatable bonds is 6. The average Bonchev–Trinajstić information content (AvgIpc) is 4.05. The van der Waals surface area contributed by atoms with Gasteiger partial charge in [0.1, 0.15) is 0 Å². The monoisotopic (exact) mass is 886 g/mol. The van der Waals surface area contributed by atoms with Crippen LogP contribution in [0.2, 0.25) is 0 Å². The zero-order chi connectivity index (χ0) is 45.9. The van der Waals surface area contributed by atoms with Crippen LogP contribution >= 0.6 is 0 Å². The third-order valence-corrected chi connectivity index (χ3v) is 15.4. The van der Waals surface area contributed by atoms with Gasteiger partial charge in [0.25, 0.3) is 0 Å². The Morgan fingerprint density at radius 1 is 0.314 bits per heavy atom. The first-order chi connectivity index (χ1) is 34.7. The predicted octanol–water partition coefficient (Wildman–Crippen LogP) is 17.5. The van der Waals surface area contributed by atoms with Crippen molar-refractivity contribution in [3.63, 3.8) is 0 Å². The highest BCUT2D eigenvalue weighted by Gasteiger charge is 2.46. The van der Waals surface area contributed by atoms with Crippen molar-refractivity contribution in [2.75, 3.05) is 0 Å². The molecule has 0 saturated carbocycles. The van der Waals surface area contributed by atoms with E-state index in [0.717, 1.165) is 22.5 Å². The predicted molar refractivity (Wildman–Crippen MR) is 292 cm³/mol. The Morgan fingerprint density at radius 3 is 1.50 bits per heavy atom. The molecule has 0 bridgehead atoms. The Morgan fingerprint density at radius 2 is 0.814 bits per heavy atom. The van der Waals surface area contributed by atoms with E-state index in [1.165, 1.54) is 116 Å². The number of pyridine rings is 1. The van der Waals surface area contributed by atoms with E-state index in [0.29, 0.717) is 0 Å². The molecule has 0 radical (unpaired) electrons. The van der Waals surface area contributed by atoms with Gasteiger partial charge in [-0.05, 0) is 155 Å². The minimum atomic E-state index is -0.463. The fourth-order valence-electron chi connectivity index (χ4n) is 12.3. The zero-order valence-corrected chi connectivity index (χ0v) is 38.1. The number of hydrogen-bond donors (Lipinski definition) is 0. The highest BCUT2D eigenvalue weighted by atomic mass is 15.0. The minimum absolute atomic E-state index is 0.463. The molecule has 324 valence electrons.